The van der Waals surface area contributed by atoms with Crippen LogP contribution in [-0.4, -0.2) is 73.3 Å². The second-order valence-corrected chi connectivity index (χ2v) is 9.09. The third-order valence-electron chi connectivity index (χ3n) is 6.98. The van der Waals surface area contributed by atoms with E-state index in [0.717, 1.165) is 58.4 Å². The van der Waals surface area contributed by atoms with Crippen molar-refractivity contribution in [3.63, 3.8) is 0 Å². The number of benzene rings is 1. The lowest BCUT2D eigenvalue weighted by Crippen LogP contribution is -2.48. The van der Waals surface area contributed by atoms with Gasteiger partial charge in [0.05, 0.1) is 11.8 Å². The number of anilines is 1. The number of carbonyl (C=O) groups excluding carboxylic acids is 3. The summed E-state index contributed by atoms with van der Waals surface area (Å²) in [7, 11) is 0. The van der Waals surface area contributed by atoms with E-state index in [2.05, 4.69) is 46.3 Å². The summed E-state index contributed by atoms with van der Waals surface area (Å²) < 4.78 is 0. The van der Waals surface area contributed by atoms with Crippen LogP contribution >= 0.6 is 0 Å². The first kappa shape index (κ1) is 21.8. The molecule has 3 aliphatic rings. The summed E-state index contributed by atoms with van der Waals surface area (Å²) in [5, 5.41) is 2.95. The van der Waals surface area contributed by atoms with Crippen molar-refractivity contribution in [2.45, 2.75) is 39.0 Å². The van der Waals surface area contributed by atoms with Crippen molar-refractivity contribution < 1.29 is 14.4 Å². The number of hydrogen-bond acceptors (Lipinski definition) is 5. The molecule has 1 aliphatic carbocycles. The predicted molar refractivity (Wildman–Crippen MR) is 120 cm³/mol. The van der Waals surface area contributed by atoms with E-state index in [1.807, 2.05) is 0 Å². The van der Waals surface area contributed by atoms with E-state index in [-0.39, 0.29) is 42.5 Å². The first-order valence-corrected chi connectivity index (χ1v) is 11.7. The third kappa shape index (κ3) is 5.09. The Morgan fingerprint density at radius 3 is 2.32 bits per heavy atom. The second kappa shape index (κ2) is 9.81. The molecule has 2 heterocycles. The summed E-state index contributed by atoms with van der Waals surface area (Å²) in [6.07, 6.45) is 3.86. The predicted octanol–water partition coefficient (Wildman–Crippen LogP) is 1.80. The van der Waals surface area contributed by atoms with Crippen LogP contribution in [-0.2, 0) is 14.4 Å². The summed E-state index contributed by atoms with van der Waals surface area (Å²) in [5.74, 6) is -0.484. The smallest absolute Gasteiger partial charge is 0.233 e. The van der Waals surface area contributed by atoms with E-state index in [1.165, 1.54) is 16.2 Å². The highest BCUT2D eigenvalue weighted by molar-refractivity contribution is 6.05. The van der Waals surface area contributed by atoms with Crippen LogP contribution < -0.4 is 10.2 Å². The topological polar surface area (TPSA) is 73.0 Å². The molecule has 2 aliphatic heterocycles. The van der Waals surface area contributed by atoms with E-state index in [9.17, 15) is 14.4 Å². The van der Waals surface area contributed by atoms with Crippen molar-refractivity contribution in [2.75, 3.05) is 50.7 Å². The highest BCUT2D eigenvalue weighted by Gasteiger charge is 2.47. The van der Waals surface area contributed by atoms with Crippen molar-refractivity contribution in [1.29, 1.82) is 0 Å². The van der Waals surface area contributed by atoms with Gasteiger partial charge in [-0.15, -0.1) is 0 Å². The van der Waals surface area contributed by atoms with E-state index in [0.29, 0.717) is 6.54 Å². The molecular weight excluding hydrogens is 392 g/mol. The fourth-order valence-electron chi connectivity index (χ4n) is 5.16. The number of nitrogens with one attached hydrogen (secondary N) is 1. The number of nitrogens with zero attached hydrogens (tertiary/aromatic N) is 3. The maximum absolute atomic E-state index is 12.5. The van der Waals surface area contributed by atoms with Crippen molar-refractivity contribution in [2.24, 2.45) is 11.8 Å². The summed E-state index contributed by atoms with van der Waals surface area (Å²) in [6.45, 7) is 7.66. The molecule has 1 aromatic rings. The van der Waals surface area contributed by atoms with Crippen molar-refractivity contribution in [1.82, 2.24) is 15.1 Å². The molecule has 0 spiro atoms. The molecule has 3 fully saturated rings. The number of amides is 3. The number of aryl methyl sites for hydroxylation is 1. The van der Waals surface area contributed by atoms with E-state index in [4.69, 9.17) is 0 Å². The van der Waals surface area contributed by atoms with Crippen LogP contribution in [0, 0.1) is 18.8 Å². The van der Waals surface area contributed by atoms with E-state index >= 15 is 0 Å². The number of hydrogen-bond donors (Lipinski definition) is 1. The standard InChI is InChI=1S/C24H34N4O3/c1-18-5-4-6-19(17-18)27-15-13-26(14-16-27)12-10-25-22(29)9-11-28-23(30)20-7-2-3-8-21(20)24(28)31/h4-6,17,20-21H,2-3,7-16H2,1H3,(H,25,29). The highest BCUT2D eigenvalue weighted by Crippen LogP contribution is 2.37. The Balaban J connectivity index is 1.14. The molecule has 2 unspecified atom stereocenters. The van der Waals surface area contributed by atoms with Crippen molar-refractivity contribution in [3.8, 4) is 0 Å². The zero-order chi connectivity index (χ0) is 21.8. The molecule has 0 aromatic heterocycles. The molecule has 168 valence electrons. The van der Waals surface area contributed by atoms with Gasteiger partial charge in [0, 0.05) is 57.9 Å². The average Bonchev–Trinajstić information content (AvgIpc) is 3.03. The number of rotatable bonds is 7. The summed E-state index contributed by atoms with van der Waals surface area (Å²) >= 11 is 0. The molecule has 2 saturated heterocycles. The lowest BCUT2D eigenvalue weighted by atomic mass is 9.81. The average molecular weight is 427 g/mol. The van der Waals surface area contributed by atoms with Crippen LogP contribution in [0.2, 0.25) is 0 Å². The van der Waals surface area contributed by atoms with Gasteiger partial charge in [-0.25, -0.2) is 0 Å². The van der Waals surface area contributed by atoms with Crippen LogP contribution in [0.25, 0.3) is 0 Å². The summed E-state index contributed by atoms with van der Waals surface area (Å²) in [4.78, 5) is 43.3. The largest absolute Gasteiger partial charge is 0.369 e. The quantitative estimate of drug-likeness (QED) is 0.673. The second-order valence-electron chi connectivity index (χ2n) is 9.09. The van der Waals surface area contributed by atoms with Gasteiger partial charge >= 0.3 is 0 Å². The zero-order valence-electron chi connectivity index (χ0n) is 18.5. The van der Waals surface area contributed by atoms with Crippen molar-refractivity contribution >= 4 is 23.4 Å². The maximum atomic E-state index is 12.5. The number of piperazine rings is 1. The van der Waals surface area contributed by atoms with Crippen LogP contribution in [0.1, 0.15) is 37.7 Å². The minimum atomic E-state index is -0.136. The SMILES string of the molecule is Cc1cccc(N2CCN(CCNC(=O)CCN3C(=O)C4CCCCC4C3=O)CC2)c1. The van der Waals surface area contributed by atoms with Gasteiger partial charge in [-0.05, 0) is 37.5 Å². The molecule has 1 N–H and O–H groups in total. The normalized spacial score (nSPS) is 24.4. The fourth-order valence-corrected chi connectivity index (χ4v) is 5.16. The van der Waals surface area contributed by atoms with Gasteiger partial charge in [0.1, 0.15) is 0 Å². The highest BCUT2D eigenvalue weighted by atomic mass is 16.2. The van der Waals surface area contributed by atoms with Crippen molar-refractivity contribution in [3.05, 3.63) is 29.8 Å². The molecule has 7 nitrogen and oxygen atoms in total. The lowest BCUT2D eigenvalue weighted by molar-refractivity contribution is -0.140. The number of fused-ring (bicyclic) bond motifs is 1. The third-order valence-corrected chi connectivity index (χ3v) is 6.98. The fraction of sp³-hybridized carbons (Fsp3) is 0.625. The Morgan fingerprint density at radius 1 is 1.00 bits per heavy atom. The monoisotopic (exact) mass is 426 g/mol. The lowest BCUT2D eigenvalue weighted by Gasteiger charge is -2.36. The van der Waals surface area contributed by atoms with Gasteiger partial charge in [0.25, 0.3) is 0 Å². The molecular formula is C24H34N4O3. The van der Waals surface area contributed by atoms with Crippen LogP contribution in [0.5, 0.6) is 0 Å². The van der Waals surface area contributed by atoms with Crippen LogP contribution in [0.15, 0.2) is 24.3 Å². The minimum absolute atomic E-state index is 0.0611. The first-order valence-electron chi connectivity index (χ1n) is 11.7. The zero-order valence-corrected chi connectivity index (χ0v) is 18.5. The Bertz CT molecular complexity index is 795. The molecule has 1 saturated carbocycles. The summed E-state index contributed by atoms with van der Waals surface area (Å²) in [5.41, 5.74) is 2.55. The van der Waals surface area contributed by atoms with Gasteiger partial charge < -0.3 is 10.2 Å². The minimum Gasteiger partial charge on any atom is -0.369 e. The molecule has 3 amide bonds. The Labute approximate surface area is 184 Å². The molecule has 0 bridgehead atoms. The Hall–Kier alpha value is -2.41. The maximum Gasteiger partial charge on any atom is 0.233 e. The molecule has 4 rings (SSSR count). The van der Waals surface area contributed by atoms with Gasteiger partial charge in [0.15, 0.2) is 0 Å². The molecule has 7 heteroatoms. The van der Waals surface area contributed by atoms with E-state index in [1.54, 1.807) is 0 Å². The van der Waals surface area contributed by atoms with Gasteiger partial charge in [0.2, 0.25) is 17.7 Å². The van der Waals surface area contributed by atoms with Gasteiger partial charge in [-0.2, -0.15) is 0 Å². The molecule has 2 atom stereocenters. The van der Waals surface area contributed by atoms with Crippen LogP contribution in [0.3, 0.4) is 0 Å². The molecule has 0 radical (unpaired) electrons. The molecule has 1 aromatic carbocycles. The number of likely N-dealkylation sites (tertiary alicyclic amines) is 1. The first-order chi connectivity index (χ1) is 15.0. The number of carbonyl (C=O) groups is 3. The Kier molecular flexibility index (Phi) is 6.90. The van der Waals surface area contributed by atoms with Gasteiger partial charge in [-0.1, -0.05) is 25.0 Å². The number of imide groups is 1. The summed E-state index contributed by atoms with van der Waals surface area (Å²) in [6, 6.07) is 8.60. The Morgan fingerprint density at radius 2 is 1.68 bits per heavy atom. The molecule has 31 heavy (non-hydrogen) atoms. The van der Waals surface area contributed by atoms with Gasteiger partial charge in [-0.3, -0.25) is 24.2 Å². The van der Waals surface area contributed by atoms with E-state index < -0.39 is 0 Å². The van der Waals surface area contributed by atoms with Crippen LogP contribution in [0.4, 0.5) is 5.69 Å².